The lowest BCUT2D eigenvalue weighted by Crippen LogP contribution is -2.25. The van der Waals surface area contributed by atoms with E-state index in [-0.39, 0.29) is 0 Å². The Morgan fingerprint density at radius 2 is 0.810 bits per heavy atom. The zero-order valence-electron chi connectivity index (χ0n) is 34.4. The molecule has 63 heavy (non-hydrogen) atoms. The maximum atomic E-state index is 6.97. The van der Waals surface area contributed by atoms with Gasteiger partial charge in [0.1, 0.15) is 5.58 Å². The number of furan rings is 1. The standard InChI is InChI=1S/C61H39NO/c1-3-17-40(18-4-1)41-31-34-45(35-32-41)62(57-29-15-10-21-46(57)42-19-5-2-6-20-42)58-39-44(37-52-51-25-11-16-30-59(51)63-60(52)58)43-33-36-50-49-24-9-14-28-55(49)61(56(50)38-43)53-26-12-7-22-47(53)48-23-8-13-27-54(48)61/h1-39H. The SMILES string of the molecule is c1ccc(-c2ccc(N(c3ccccc3-c3ccccc3)c3cc(-c4ccc5c(c4)C4(c6ccccc6-c6ccccc64)c4ccccc4-5)cc4c3oc3ccccc34)cc2)cc1. The third kappa shape index (κ3) is 5.25. The van der Waals surface area contributed by atoms with E-state index >= 15 is 0 Å². The molecule has 0 saturated heterocycles. The molecule has 0 radical (unpaired) electrons. The molecule has 0 aliphatic heterocycles. The summed E-state index contributed by atoms with van der Waals surface area (Å²) in [5, 5.41) is 2.17. The molecule has 1 spiro atoms. The molecule has 2 aliphatic carbocycles. The third-order valence-corrected chi connectivity index (χ3v) is 13.5. The monoisotopic (exact) mass is 801 g/mol. The van der Waals surface area contributed by atoms with Crippen LogP contribution in [0.3, 0.4) is 0 Å². The molecule has 2 nitrogen and oxygen atoms in total. The zero-order valence-corrected chi connectivity index (χ0v) is 34.4. The molecule has 1 aromatic heterocycles. The van der Waals surface area contributed by atoms with Gasteiger partial charge in [-0.1, -0.05) is 194 Å². The first-order chi connectivity index (χ1) is 31.3. The second kappa shape index (κ2) is 13.9. The number of hydrogen-bond donors (Lipinski definition) is 0. The minimum Gasteiger partial charge on any atom is -0.454 e. The predicted octanol–water partition coefficient (Wildman–Crippen LogP) is 16.4. The van der Waals surface area contributed by atoms with Crippen molar-refractivity contribution in [2.75, 3.05) is 4.90 Å². The number of para-hydroxylation sites is 2. The van der Waals surface area contributed by atoms with E-state index in [9.17, 15) is 0 Å². The maximum Gasteiger partial charge on any atom is 0.159 e. The number of benzene rings is 10. The Bertz CT molecular complexity index is 3500. The van der Waals surface area contributed by atoms with Gasteiger partial charge in [-0.2, -0.15) is 0 Å². The van der Waals surface area contributed by atoms with Crippen LogP contribution < -0.4 is 4.90 Å². The van der Waals surface area contributed by atoms with E-state index in [4.69, 9.17) is 4.42 Å². The van der Waals surface area contributed by atoms with Crippen LogP contribution in [0.5, 0.6) is 0 Å². The van der Waals surface area contributed by atoms with E-state index in [1.807, 2.05) is 0 Å². The molecule has 0 amide bonds. The first kappa shape index (κ1) is 35.5. The van der Waals surface area contributed by atoms with Gasteiger partial charge in [-0.15, -0.1) is 0 Å². The van der Waals surface area contributed by atoms with Gasteiger partial charge in [0.15, 0.2) is 5.58 Å². The Labute approximate surface area is 366 Å². The average Bonchev–Trinajstić information content (AvgIpc) is 3.99. The van der Waals surface area contributed by atoms with E-state index in [0.29, 0.717) is 0 Å². The lowest BCUT2D eigenvalue weighted by molar-refractivity contribution is 0.669. The molecular formula is C61H39NO. The van der Waals surface area contributed by atoms with Crippen LogP contribution in [0.2, 0.25) is 0 Å². The summed E-state index contributed by atoms with van der Waals surface area (Å²) in [6.07, 6.45) is 0. The van der Waals surface area contributed by atoms with Crippen molar-refractivity contribution in [1.82, 2.24) is 0 Å². The van der Waals surface area contributed by atoms with Gasteiger partial charge in [-0.25, -0.2) is 0 Å². The molecular weight excluding hydrogens is 763 g/mol. The van der Waals surface area contributed by atoms with Crippen LogP contribution in [0.4, 0.5) is 17.1 Å². The lowest BCUT2D eigenvalue weighted by atomic mass is 9.70. The number of fused-ring (bicyclic) bond motifs is 13. The molecule has 294 valence electrons. The topological polar surface area (TPSA) is 16.4 Å². The van der Waals surface area contributed by atoms with Crippen molar-refractivity contribution < 1.29 is 4.42 Å². The largest absolute Gasteiger partial charge is 0.454 e. The normalized spacial score (nSPS) is 12.9. The molecule has 2 aliphatic rings. The second-order valence-electron chi connectivity index (χ2n) is 16.7. The van der Waals surface area contributed by atoms with Crippen molar-refractivity contribution in [3.8, 4) is 55.6 Å². The van der Waals surface area contributed by atoms with E-state index in [1.165, 1.54) is 55.6 Å². The number of anilines is 3. The van der Waals surface area contributed by atoms with Crippen molar-refractivity contribution >= 4 is 39.0 Å². The van der Waals surface area contributed by atoms with Gasteiger partial charge in [0.25, 0.3) is 0 Å². The van der Waals surface area contributed by atoms with E-state index in [1.54, 1.807) is 0 Å². The van der Waals surface area contributed by atoms with Crippen LogP contribution in [0, 0.1) is 0 Å². The molecule has 0 saturated carbocycles. The number of hydrogen-bond acceptors (Lipinski definition) is 2. The Kier molecular flexibility index (Phi) is 7.85. The van der Waals surface area contributed by atoms with Crippen LogP contribution in [-0.4, -0.2) is 0 Å². The van der Waals surface area contributed by atoms with E-state index in [0.717, 1.165) is 61.3 Å². The number of rotatable bonds is 6. The minimum atomic E-state index is -0.439. The summed E-state index contributed by atoms with van der Waals surface area (Å²) in [6, 6.07) is 86.4. The maximum absolute atomic E-state index is 6.97. The first-order valence-electron chi connectivity index (χ1n) is 21.8. The Balaban J connectivity index is 1.08. The molecule has 0 unspecified atom stereocenters. The van der Waals surface area contributed by atoms with Gasteiger partial charge < -0.3 is 9.32 Å². The van der Waals surface area contributed by atoms with Crippen molar-refractivity contribution in [3.05, 3.63) is 259 Å². The third-order valence-electron chi connectivity index (χ3n) is 13.5. The molecule has 1 heterocycles. The summed E-state index contributed by atoms with van der Waals surface area (Å²) in [5.41, 5.74) is 21.8. The fraction of sp³-hybridized carbons (Fsp3) is 0.0164. The summed E-state index contributed by atoms with van der Waals surface area (Å²) in [7, 11) is 0. The van der Waals surface area contributed by atoms with Crippen LogP contribution in [0.1, 0.15) is 22.3 Å². The lowest BCUT2D eigenvalue weighted by Gasteiger charge is -2.31. The van der Waals surface area contributed by atoms with Gasteiger partial charge in [0.2, 0.25) is 0 Å². The summed E-state index contributed by atoms with van der Waals surface area (Å²) in [6.45, 7) is 0. The van der Waals surface area contributed by atoms with Crippen LogP contribution in [-0.2, 0) is 5.41 Å². The highest BCUT2D eigenvalue weighted by Crippen LogP contribution is 2.63. The number of nitrogens with zero attached hydrogens (tertiary/aromatic N) is 1. The van der Waals surface area contributed by atoms with Gasteiger partial charge in [0.05, 0.1) is 16.8 Å². The Hall–Kier alpha value is -8.20. The van der Waals surface area contributed by atoms with Crippen LogP contribution in [0.25, 0.3) is 77.6 Å². The molecule has 10 aromatic carbocycles. The van der Waals surface area contributed by atoms with Gasteiger partial charge in [-0.3, -0.25) is 0 Å². The molecule has 11 aromatic rings. The summed E-state index contributed by atoms with van der Waals surface area (Å²) < 4.78 is 6.97. The van der Waals surface area contributed by atoms with Crippen LogP contribution >= 0.6 is 0 Å². The highest BCUT2D eigenvalue weighted by Gasteiger charge is 2.51. The van der Waals surface area contributed by atoms with Gasteiger partial charge in [-0.05, 0) is 115 Å². The fourth-order valence-corrected chi connectivity index (χ4v) is 10.8. The highest BCUT2D eigenvalue weighted by molar-refractivity contribution is 6.13. The van der Waals surface area contributed by atoms with Crippen molar-refractivity contribution in [1.29, 1.82) is 0 Å². The summed E-state index contributed by atoms with van der Waals surface area (Å²) in [4.78, 5) is 2.40. The molecule has 0 N–H and O–H groups in total. The summed E-state index contributed by atoms with van der Waals surface area (Å²) >= 11 is 0. The zero-order chi connectivity index (χ0) is 41.5. The van der Waals surface area contributed by atoms with Crippen molar-refractivity contribution in [2.45, 2.75) is 5.41 Å². The Morgan fingerprint density at radius 3 is 1.48 bits per heavy atom. The quantitative estimate of drug-likeness (QED) is 0.167. The van der Waals surface area contributed by atoms with E-state index < -0.39 is 5.41 Å². The molecule has 0 fully saturated rings. The second-order valence-corrected chi connectivity index (χ2v) is 16.7. The van der Waals surface area contributed by atoms with Crippen molar-refractivity contribution in [3.63, 3.8) is 0 Å². The minimum absolute atomic E-state index is 0.439. The average molecular weight is 802 g/mol. The molecule has 0 atom stereocenters. The first-order valence-corrected chi connectivity index (χ1v) is 21.8. The highest BCUT2D eigenvalue weighted by atomic mass is 16.3. The molecule has 13 rings (SSSR count). The molecule has 2 heteroatoms. The van der Waals surface area contributed by atoms with Crippen molar-refractivity contribution in [2.24, 2.45) is 0 Å². The van der Waals surface area contributed by atoms with Gasteiger partial charge >= 0.3 is 0 Å². The summed E-state index contributed by atoms with van der Waals surface area (Å²) in [5.74, 6) is 0. The fourth-order valence-electron chi connectivity index (χ4n) is 10.8. The van der Waals surface area contributed by atoms with E-state index in [2.05, 4.69) is 241 Å². The predicted molar refractivity (Wildman–Crippen MR) is 261 cm³/mol. The smallest absolute Gasteiger partial charge is 0.159 e. The Morgan fingerprint density at radius 1 is 0.302 bits per heavy atom. The van der Waals surface area contributed by atoms with Crippen LogP contribution in [0.15, 0.2) is 241 Å². The van der Waals surface area contributed by atoms with Gasteiger partial charge in [0, 0.05) is 22.0 Å². The molecule has 0 bridgehead atoms.